The molecule has 0 saturated heterocycles. The smallest absolute Gasteiger partial charge is 0.265 e. The molecule has 0 aliphatic rings. The Bertz CT molecular complexity index is 668. The number of anilines is 2. The van der Waals surface area contributed by atoms with Crippen LogP contribution in [0.15, 0.2) is 41.6 Å². The van der Waals surface area contributed by atoms with Gasteiger partial charge in [0, 0.05) is 18.9 Å². The lowest BCUT2D eigenvalue weighted by molar-refractivity contribution is 0.601. The summed E-state index contributed by atoms with van der Waals surface area (Å²) in [6, 6.07) is 6.46. The molecule has 0 bridgehead atoms. The zero-order valence-corrected chi connectivity index (χ0v) is 11.4. The van der Waals surface area contributed by atoms with Crippen LogP contribution in [0.4, 0.5) is 11.5 Å². The van der Waals surface area contributed by atoms with Gasteiger partial charge in [-0.1, -0.05) is 0 Å². The van der Waals surface area contributed by atoms with Crippen molar-refractivity contribution in [3.8, 4) is 0 Å². The number of pyridine rings is 2. The van der Waals surface area contributed by atoms with Crippen molar-refractivity contribution in [1.82, 2.24) is 9.97 Å². The minimum Gasteiger partial charge on any atom is -0.372 e. The van der Waals surface area contributed by atoms with Crippen molar-refractivity contribution in [1.29, 1.82) is 0 Å². The normalized spacial score (nSPS) is 11.1. The van der Waals surface area contributed by atoms with Crippen molar-refractivity contribution in [2.24, 2.45) is 0 Å². The Morgan fingerprint density at radius 2 is 1.95 bits per heavy atom. The number of aryl methyl sites for hydroxylation is 1. The van der Waals surface area contributed by atoms with Crippen LogP contribution in [0.1, 0.15) is 5.69 Å². The molecule has 2 N–H and O–H groups in total. The number of hydrogen-bond donors (Lipinski definition) is 2. The lowest BCUT2D eigenvalue weighted by Gasteiger charge is -2.10. The number of nitrogens with one attached hydrogen (secondary N) is 2. The van der Waals surface area contributed by atoms with Gasteiger partial charge in [0.25, 0.3) is 10.0 Å². The highest BCUT2D eigenvalue weighted by Gasteiger charge is 2.18. The van der Waals surface area contributed by atoms with Gasteiger partial charge >= 0.3 is 0 Å². The second kappa shape index (κ2) is 5.23. The first-order chi connectivity index (χ1) is 9.03. The zero-order chi connectivity index (χ0) is 13.9. The van der Waals surface area contributed by atoms with Gasteiger partial charge in [-0.2, -0.15) is 0 Å². The van der Waals surface area contributed by atoms with Crippen LogP contribution in [-0.4, -0.2) is 25.4 Å². The third-order valence-electron chi connectivity index (χ3n) is 2.46. The highest BCUT2D eigenvalue weighted by molar-refractivity contribution is 7.92. The summed E-state index contributed by atoms with van der Waals surface area (Å²) in [5.41, 5.74) is 1.23. The van der Waals surface area contributed by atoms with Crippen LogP contribution in [-0.2, 0) is 10.0 Å². The van der Waals surface area contributed by atoms with E-state index in [2.05, 4.69) is 20.0 Å². The fourth-order valence-electron chi connectivity index (χ4n) is 1.53. The first-order valence-corrected chi connectivity index (χ1v) is 7.09. The molecular formula is C12H14N4O2S. The molecule has 0 aliphatic carbocycles. The standard InChI is InChI=1S/C12H14N4O2S/c1-9-5-6-10(8-15-9)16-19(17,18)11-4-3-7-14-12(11)13-2/h3-8,16H,1-2H3,(H,13,14). The van der Waals surface area contributed by atoms with Crippen LogP contribution in [0.25, 0.3) is 0 Å². The Labute approximate surface area is 112 Å². The van der Waals surface area contributed by atoms with E-state index in [9.17, 15) is 8.42 Å². The van der Waals surface area contributed by atoms with Gasteiger partial charge < -0.3 is 5.32 Å². The lowest BCUT2D eigenvalue weighted by atomic mass is 10.4. The Balaban J connectivity index is 2.35. The Morgan fingerprint density at radius 1 is 1.16 bits per heavy atom. The van der Waals surface area contributed by atoms with Crippen molar-refractivity contribution in [3.63, 3.8) is 0 Å². The predicted octanol–water partition coefficient (Wildman–Crippen LogP) is 1.63. The molecule has 0 amide bonds. The van der Waals surface area contributed by atoms with Crippen molar-refractivity contribution < 1.29 is 8.42 Å². The van der Waals surface area contributed by atoms with Crippen LogP contribution < -0.4 is 10.0 Å². The Hall–Kier alpha value is -2.15. The van der Waals surface area contributed by atoms with Crippen molar-refractivity contribution in [3.05, 3.63) is 42.4 Å². The fraction of sp³-hybridized carbons (Fsp3) is 0.167. The molecule has 0 fully saturated rings. The molecular weight excluding hydrogens is 264 g/mol. The van der Waals surface area contributed by atoms with Gasteiger partial charge in [0.2, 0.25) is 0 Å². The summed E-state index contributed by atoms with van der Waals surface area (Å²) in [5.74, 6) is 0.301. The summed E-state index contributed by atoms with van der Waals surface area (Å²) in [7, 11) is -2.06. The molecule has 2 aromatic heterocycles. The molecule has 7 heteroatoms. The molecule has 6 nitrogen and oxygen atoms in total. The summed E-state index contributed by atoms with van der Waals surface area (Å²) in [4.78, 5) is 8.11. The summed E-state index contributed by atoms with van der Waals surface area (Å²) in [6.45, 7) is 1.83. The minimum atomic E-state index is -3.68. The molecule has 0 saturated carbocycles. The van der Waals surface area contributed by atoms with Crippen LogP contribution in [0.2, 0.25) is 0 Å². The van der Waals surface area contributed by atoms with E-state index in [-0.39, 0.29) is 4.90 Å². The van der Waals surface area contributed by atoms with E-state index in [0.717, 1.165) is 5.69 Å². The second-order valence-corrected chi connectivity index (χ2v) is 5.54. The number of aromatic nitrogens is 2. The van der Waals surface area contributed by atoms with Crippen molar-refractivity contribution >= 4 is 21.5 Å². The molecule has 0 aromatic carbocycles. The SMILES string of the molecule is CNc1ncccc1S(=O)(=O)Nc1ccc(C)nc1. The Kier molecular flexibility index (Phi) is 3.66. The molecule has 0 atom stereocenters. The maximum atomic E-state index is 12.2. The Morgan fingerprint density at radius 3 is 2.58 bits per heavy atom. The molecule has 0 spiro atoms. The monoisotopic (exact) mass is 278 g/mol. The van der Waals surface area contributed by atoms with Crippen molar-refractivity contribution in [2.75, 3.05) is 17.1 Å². The highest BCUT2D eigenvalue weighted by Crippen LogP contribution is 2.20. The van der Waals surface area contributed by atoms with Crippen molar-refractivity contribution in [2.45, 2.75) is 11.8 Å². The largest absolute Gasteiger partial charge is 0.372 e. The van der Waals surface area contributed by atoms with E-state index >= 15 is 0 Å². The van der Waals surface area contributed by atoms with E-state index < -0.39 is 10.0 Å². The molecule has 0 radical (unpaired) electrons. The van der Waals surface area contributed by atoms with Crippen LogP contribution in [0.5, 0.6) is 0 Å². The molecule has 100 valence electrons. The van der Waals surface area contributed by atoms with Crippen LogP contribution in [0.3, 0.4) is 0 Å². The van der Waals surface area contributed by atoms with Crippen LogP contribution >= 0.6 is 0 Å². The number of nitrogens with zero attached hydrogens (tertiary/aromatic N) is 2. The zero-order valence-electron chi connectivity index (χ0n) is 10.6. The fourth-order valence-corrected chi connectivity index (χ4v) is 2.74. The van der Waals surface area contributed by atoms with E-state index in [1.807, 2.05) is 6.92 Å². The number of rotatable bonds is 4. The summed E-state index contributed by atoms with van der Waals surface area (Å²) >= 11 is 0. The summed E-state index contributed by atoms with van der Waals surface area (Å²) < 4.78 is 27.0. The minimum absolute atomic E-state index is 0.0954. The van der Waals surface area contributed by atoms with E-state index in [0.29, 0.717) is 11.5 Å². The quantitative estimate of drug-likeness (QED) is 0.888. The average Bonchev–Trinajstić information content (AvgIpc) is 2.41. The third kappa shape index (κ3) is 3.00. The summed E-state index contributed by atoms with van der Waals surface area (Å²) in [6.07, 6.45) is 3.00. The van der Waals surface area contributed by atoms with Crippen LogP contribution in [0, 0.1) is 6.92 Å². The van der Waals surface area contributed by atoms with Gasteiger partial charge in [-0.25, -0.2) is 13.4 Å². The first kappa shape index (κ1) is 13.3. The molecule has 0 unspecified atom stereocenters. The predicted molar refractivity (Wildman–Crippen MR) is 73.6 cm³/mol. The van der Waals surface area contributed by atoms with Gasteiger partial charge in [-0.3, -0.25) is 9.71 Å². The number of hydrogen-bond acceptors (Lipinski definition) is 5. The van der Waals surface area contributed by atoms with Gasteiger partial charge in [0.1, 0.15) is 10.7 Å². The molecule has 0 aliphatic heterocycles. The molecule has 2 heterocycles. The van der Waals surface area contributed by atoms with Gasteiger partial charge in [0.05, 0.1) is 11.9 Å². The molecule has 2 aromatic rings. The van der Waals surface area contributed by atoms with Gasteiger partial charge in [0.15, 0.2) is 0 Å². The lowest BCUT2D eigenvalue weighted by Crippen LogP contribution is -2.15. The number of sulfonamides is 1. The summed E-state index contributed by atoms with van der Waals surface area (Å²) in [5, 5.41) is 2.75. The van der Waals surface area contributed by atoms with Gasteiger partial charge in [-0.05, 0) is 31.2 Å². The maximum absolute atomic E-state index is 12.2. The average molecular weight is 278 g/mol. The van der Waals surface area contributed by atoms with E-state index in [1.54, 1.807) is 25.2 Å². The maximum Gasteiger partial charge on any atom is 0.265 e. The topological polar surface area (TPSA) is 84.0 Å². The molecule has 19 heavy (non-hydrogen) atoms. The first-order valence-electron chi connectivity index (χ1n) is 5.61. The third-order valence-corrected chi connectivity index (χ3v) is 3.87. The van der Waals surface area contributed by atoms with Gasteiger partial charge in [-0.15, -0.1) is 0 Å². The molecule has 2 rings (SSSR count). The van der Waals surface area contributed by atoms with E-state index in [4.69, 9.17) is 0 Å². The highest BCUT2D eigenvalue weighted by atomic mass is 32.2. The van der Waals surface area contributed by atoms with E-state index in [1.165, 1.54) is 18.5 Å². The second-order valence-electron chi connectivity index (χ2n) is 3.89.